The molecule has 0 radical (unpaired) electrons. The first-order valence-electron chi connectivity index (χ1n) is 16.7. The molecule has 230 valence electrons. The normalized spacial score (nSPS) is 11.7. The van der Waals surface area contributed by atoms with Gasteiger partial charge in [-0.3, -0.25) is 0 Å². The molecule has 2 heterocycles. The molecule has 10 rings (SSSR count). The van der Waals surface area contributed by atoms with E-state index in [9.17, 15) is 0 Å². The van der Waals surface area contributed by atoms with Gasteiger partial charge in [-0.05, 0) is 18.2 Å². The van der Waals surface area contributed by atoms with Gasteiger partial charge in [0.1, 0.15) is 0 Å². The van der Waals surface area contributed by atoms with Gasteiger partial charge >= 0.3 is 221 Å². The number of aromatic nitrogens is 1. The van der Waals surface area contributed by atoms with Crippen molar-refractivity contribution in [1.82, 2.24) is 4.57 Å². The Kier molecular flexibility index (Phi) is 6.55. The van der Waals surface area contributed by atoms with Gasteiger partial charge in [0.25, 0.3) is 0 Å². The zero-order chi connectivity index (χ0) is 32.3. The fourth-order valence-corrected chi connectivity index (χ4v) is 9.82. The van der Waals surface area contributed by atoms with Gasteiger partial charge in [0.15, 0.2) is 0 Å². The Balaban J connectivity index is 1.09. The van der Waals surface area contributed by atoms with E-state index in [1.165, 1.54) is 74.4 Å². The molecule has 8 aromatic carbocycles. The minimum Gasteiger partial charge on any atom is -0.0602 e. The van der Waals surface area contributed by atoms with Crippen LogP contribution in [-0.2, 0) is 0 Å². The SMILES string of the molecule is c1ccc(-n2c3ccccc3c3cc(-c4ccc(N(c5ccc6ccccc6c5)c5ccc6c(c5)[se]c5ccccc56)cc4)ccc32)cc1. The number of anilines is 3. The third kappa shape index (κ3) is 4.70. The Morgan fingerprint density at radius 3 is 1.88 bits per heavy atom. The van der Waals surface area contributed by atoms with Crippen LogP contribution in [0.5, 0.6) is 0 Å². The molecule has 2 nitrogen and oxygen atoms in total. The molecular formula is C46H30N2Se. The number of hydrogen-bond donors (Lipinski definition) is 0. The summed E-state index contributed by atoms with van der Waals surface area (Å²) in [6.45, 7) is 0. The molecule has 0 fully saturated rings. The summed E-state index contributed by atoms with van der Waals surface area (Å²) in [6.07, 6.45) is 0. The van der Waals surface area contributed by atoms with Gasteiger partial charge in [-0.25, -0.2) is 0 Å². The molecule has 0 aliphatic rings. The number of para-hydroxylation sites is 2. The van der Waals surface area contributed by atoms with E-state index in [1.807, 2.05) is 0 Å². The minimum absolute atomic E-state index is 0.295. The predicted octanol–water partition coefficient (Wildman–Crippen LogP) is 12.4. The van der Waals surface area contributed by atoms with Gasteiger partial charge in [-0.1, -0.05) is 36.4 Å². The van der Waals surface area contributed by atoms with E-state index in [-0.39, 0.29) is 0 Å². The van der Waals surface area contributed by atoms with Crippen LogP contribution in [0.4, 0.5) is 17.1 Å². The second-order valence-corrected chi connectivity index (χ2v) is 14.9. The molecule has 49 heavy (non-hydrogen) atoms. The first-order valence-corrected chi connectivity index (χ1v) is 18.4. The molecule has 0 unspecified atom stereocenters. The van der Waals surface area contributed by atoms with Crippen molar-refractivity contribution in [2.45, 2.75) is 0 Å². The van der Waals surface area contributed by atoms with E-state index in [0.717, 1.165) is 11.4 Å². The molecule has 10 aromatic rings. The molecule has 0 aliphatic carbocycles. The first-order chi connectivity index (χ1) is 24.3. The molecule has 0 spiro atoms. The number of fused-ring (bicyclic) bond motifs is 7. The zero-order valence-corrected chi connectivity index (χ0v) is 28.3. The molecule has 0 bridgehead atoms. The number of hydrogen-bond acceptors (Lipinski definition) is 1. The summed E-state index contributed by atoms with van der Waals surface area (Å²) in [5.74, 6) is 0. The van der Waals surface area contributed by atoms with Gasteiger partial charge < -0.3 is 4.57 Å². The minimum atomic E-state index is 0.295. The predicted molar refractivity (Wildman–Crippen MR) is 210 cm³/mol. The summed E-state index contributed by atoms with van der Waals surface area (Å²) < 4.78 is 5.28. The summed E-state index contributed by atoms with van der Waals surface area (Å²) in [4.78, 5) is 2.41. The number of nitrogens with zero attached hydrogens (tertiary/aromatic N) is 2. The van der Waals surface area contributed by atoms with Gasteiger partial charge in [0.05, 0.1) is 5.52 Å². The topological polar surface area (TPSA) is 8.17 Å². The van der Waals surface area contributed by atoms with Crippen molar-refractivity contribution in [3.63, 3.8) is 0 Å². The maximum atomic E-state index is 2.41. The van der Waals surface area contributed by atoms with E-state index < -0.39 is 0 Å². The molecule has 0 atom stereocenters. The zero-order valence-electron chi connectivity index (χ0n) is 26.6. The molecule has 0 saturated carbocycles. The Labute approximate surface area is 290 Å². The summed E-state index contributed by atoms with van der Waals surface area (Å²) in [5, 5.41) is 7.77. The van der Waals surface area contributed by atoms with E-state index in [0.29, 0.717) is 14.5 Å². The van der Waals surface area contributed by atoms with Crippen LogP contribution < -0.4 is 4.90 Å². The van der Waals surface area contributed by atoms with E-state index in [4.69, 9.17) is 0 Å². The molecule has 2 aromatic heterocycles. The second kappa shape index (κ2) is 11.4. The fourth-order valence-electron chi connectivity index (χ4n) is 7.43. The van der Waals surface area contributed by atoms with Crippen molar-refractivity contribution in [3.8, 4) is 16.8 Å². The summed E-state index contributed by atoms with van der Waals surface area (Å²) >= 11 is 0.295. The van der Waals surface area contributed by atoms with Gasteiger partial charge in [-0.2, -0.15) is 0 Å². The Morgan fingerprint density at radius 2 is 1.00 bits per heavy atom. The van der Waals surface area contributed by atoms with E-state index >= 15 is 0 Å². The smallest absolute Gasteiger partial charge is 0.0602 e. The van der Waals surface area contributed by atoms with E-state index in [1.54, 1.807) is 0 Å². The summed E-state index contributed by atoms with van der Waals surface area (Å²) in [6, 6.07) is 66.6. The molecule has 0 amide bonds. The van der Waals surface area contributed by atoms with Crippen LogP contribution in [0.3, 0.4) is 0 Å². The average molecular weight is 690 g/mol. The van der Waals surface area contributed by atoms with Crippen LogP contribution >= 0.6 is 0 Å². The van der Waals surface area contributed by atoms with Crippen molar-refractivity contribution < 1.29 is 0 Å². The van der Waals surface area contributed by atoms with Gasteiger partial charge in [0.2, 0.25) is 0 Å². The van der Waals surface area contributed by atoms with Crippen LogP contribution in [0.25, 0.3) is 68.7 Å². The van der Waals surface area contributed by atoms with Crippen molar-refractivity contribution in [1.29, 1.82) is 0 Å². The van der Waals surface area contributed by atoms with Crippen LogP contribution in [-0.4, -0.2) is 19.1 Å². The van der Waals surface area contributed by atoms with Crippen molar-refractivity contribution in [3.05, 3.63) is 182 Å². The van der Waals surface area contributed by atoms with Crippen molar-refractivity contribution in [2.75, 3.05) is 4.90 Å². The number of rotatable bonds is 5. The van der Waals surface area contributed by atoms with Gasteiger partial charge in [0, 0.05) is 5.69 Å². The van der Waals surface area contributed by atoms with Crippen LogP contribution in [0.2, 0.25) is 0 Å². The Bertz CT molecular complexity index is 2830. The monoisotopic (exact) mass is 690 g/mol. The van der Waals surface area contributed by atoms with Gasteiger partial charge in [-0.15, -0.1) is 0 Å². The average Bonchev–Trinajstić information content (AvgIpc) is 3.70. The molecule has 0 aliphatic heterocycles. The second-order valence-electron chi connectivity index (χ2n) is 12.6. The molecular weight excluding hydrogens is 659 g/mol. The third-order valence-electron chi connectivity index (χ3n) is 9.76. The van der Waals surface area contributed by atoms with Crippen LogP contribution in [0.15, 0.2) is 182 Å². The fraction of sp³-hybridized carbons (Fsp3) is 0. The van der Waals surface area contributed by atoms with Crippen LogP contribution in [0.1, 0.15) is 0 Å². The Hall–Kier alpha value is -5.86. The standard InChI is InChI=1S/C46H30N2Se/c1-2-12-35(13-3-1)48-43-16-8-6-14-39(43)42-29-34(21-27-44(42)48)32-18-22-36(23-19-32)47(37-24-20-31-10-4-5-11-33(31)28-37)38-25-26-41-40-15-7-9-17-45(40)49-46(41)30-38/h1-30H. The quantitative estimate of drug-likeness (QED) is 0.163. The molecule has 0 saturated heterocycles. The summed E-state index contributed by atoms with van der Waals surface area (Å²) in [5.41, 5.74) is 9.52. The van der Waals surface area contributed by atoms with E-state index in [2.05, 4.69) is 191 Å². The van der Waals surface area contributed by atoms with Crippen molar-refractivity contribution >= 4 is 83.4 Å². The van der Waals surface area contributed by atoms with Crippen LogP contribution in [0, 0.1) is 0 Å². The number of benzene rings is 8. The molecule has 0 N–H and O–H groups in total. The molecule has 3 heteroatoms. The van der Waals surface area contributed by atoms with Crippen molar-refractivity contribution in [2.24, 2.45) is 0 Å². The third-order valence-corrected chi connectivity index (χ3v) is 12.1. The summed E-state index contributed by atoms with van der Waals surface area (Å²) in [7, 11) is 0. The maximum absolute atomic E-state index is 2.41. The first kappa shape index (κ1) is 28.2. The Morgan fingerprint density at radius 1 is 0.367 bits per heavy atom.